The van der Waals surface area contributed by atoms with Crippen LogP contribution in [0.5, 0.6) is 0 Å². The highest BCUT2D eigenvalue weighted by atomic mass is 35.5. The first-order chi connectivity index (χ1) is 14.4. The van der Waals surface area contributed by atoms with E-state index in [0.717, 1.165) is 16.7 Å². The van der Waals surface area contributed by atoms with Crippen molar-refractivity contribution in [2.45, 2.75) is 13.1 Å². The lowest BCUT2D eigenvalue weighted by Gasteiger charge is -2.08. The summed E-state index contributed by atoms with van der Waals surface area (Å²) in [5, 5.41) is 3.35. The van der Waals surface area contributed by atoms with Gasteiger partial charge < -0.3 is 9.88 Å². The predicted octanol–water partition coefficient (Wildman–Crippen LogP) is 3.51. The number of nitrogens with one attached hydrogen (secondary N) is 1. The number of nitrogens with zero attached hydrogens (tertiary/aromatic N) is 3. The maximum Gasteiger partial charge on any atom is 0.278 e. The molecule has 1 N–H and O–H groups in total. The highest BCUT2D eigenvalue weighted by Gasteiger charge is 2.16. The Morgan fingerprint density at radius 1 is 1.13 bits per heavy atom. The van der Waals surface area contributed by atoms with Crippen LogP contribution in [-0.2, 0) is 24.9 Å². The highest BCUT2D eigenvalue weighted by Crippen LogP contribution is 2.28. The molecule has 4 rings (SSSR count). The lowest BCUT2D eigenvalue weighted by atomic mass is 10.1. The number of aryl methyl sites for hydroxylation is 1. The fraction of sp³-hybridized carbons (Fsp3) is 0.136. The molecular weight excluding hydrogens is 407 g/mol. The van der Waals surface area contributed by atoms with Gasteiger partial charge in [-0.3, -0.25) is 14.2 Å². The molecule has 0 unspecified atom stereocenters. The van der Waals surface area contributed by atoms with Gasteiger partial charge in [0.1, 0.15) is 23.4 Å². The van der Waals surface area contributed by atoms with Crippen LogP contribution in [0.1, 0.15) is 5.56 Å². The molecule has 0 aliphatic heterocycles. The van der Waals surface area contributed by atoms with Gasteiger partial charge in [0, 0.05) is 30.4 Å². The Labute approximate surface area is 176 Å². The maximum absolute atomic E-state index is 13.0. The summed E-state index contributed by atoms with van der Waals surface area (Å²) in [5.74, 6) is -0.675. The largest absolute Gasteiger partial charge is 0.350 e. The topological polar surface area (TPSA) is 68.9 Å². The Balaban J connectivity index is 1.57. The number of rotatable bonds is 5. The summed E-state index contributed by atoms with van der Waals surface area (Å²) in [6.45, 7) is 0.0822. The number of hydrogen-bond acceptors (Lipinski definition) is 3. The zero-order valence-electron chi connectivity index (χ0n) is 16.1. The lowest BCUT2D eigenvalue weighted by molar-refractivity contribution is -0.121. The van der Waals surface area contributed by atoms with Crippen molar-refractivity contribution in [2.75, 3.05) is 0 Å². The number of aromatic nitrogens is 3. The van der Waals surface area contributed by atoms with Gasteiger partial charge in [-0.05, 0) is 35.4 Å². The summed E-state index contributed by atoms with van der Waals surface area (Å²) >= 11 is 5.96. The molecule has 0 saturated carbocycles. The Bertz CT molecular complexity index is 1280. The van der Waals surface area contributed by atoms with Crippen LogP contribution in [-0.4, -0.2) is 20.0 Å². The fourth-order valence-corrected chi connectivity index (χ4v) is 3.41. The Hall–Kier alpha value is -3.45. The summed E-state index contributed by atoms with van der Waals surface area (Å²) in [5.41, 5.74) is 3.14. The van der Waals surface area contributed by atoms with Crippen molar-refractivity contribution < 1.29 is 9.18 Å². The minimum Gasteiger partial charge on any atom is -0.350 e. The summed E-state index contributed by atoms with van der Waals surface area (Å²) < 4.78 is 15.9. The molecule has 6 nitrogen and oxygen atoms in total. The van der Waals surface area contributed by atoms with Gasteiger partial charge in [0.25, 0.3) is 5.56 Å². The normalized spacial score (nSPS) is 11.0. The number of benzene rings is 2. The minimum atomic E-state index is -0.338. The van der Waals surface area contributed by atoms with Gasteiger partial charge in [0.05, 0.1) is 6.33 Å². The molecule has 0 atom stereocenters. The predicted molar refractivity (Wildman–Crippen MR) is 114 cm³/mol. The smallest absolute Gasteiger partial charge is 0.278 e. The second-order valence-electron chi connectivity index (χ2n) is 6.94. The molecule has 0 aliphatic carbocycles. The van der Waals surface area contributed by atoms with Gasteiger partial charge in [-0.2, -0.15) is 0 Å². The highest BCUT2D eigenvalue weighted by molar-refractivity contribution is 6.30. The second kappa shape index (κ2) is 8.12. The molecule has 8 heteroatoms. The van der Waals surface area contributed by atoms with E-state index < -0.39 is 0 Å². The van der Waals surface area contributed by atoms with E-state index in [-0.39, 0.29) is 30.4 Å². The molecule has 0 aliphatic rings. The van der Waals surface area contributed by atoms with E-state index in [1.54, 1.807) is 35.9 Å². The summed E-state index contributed by atoms with van der Waals surface area (Å²) in [6, 6.07) is 13.1. The van der Waals surface area contributed by atoms with Crippen molar-refractivity contribution >= 4 is 28.5 Å². The quantitative estimate of drug-likeness (QED) is 0.533. The van der Waals surface area contributed by atoms with E-state index in [9.17, 15) is 14.0 Å². The molecule has 2 heterocycles. The third kappa shape index (κ3) is 3.97. The average molecular weight is 425 g/mol. The van der Waals surface area contributed by atoms with Crippen LogP contribution in [0.25, 0.3) is 22.2 Å². The Morgan fingerprint density at radius 2 is 1.83 bits per heavy atom. The van der Waals surface area contributed by atoms with Crippen LogP contribution in [0.4, 0.5) is 4.39 Å². The van der Waals surface area contributed by atoms with Gasteiger partial charge in [-0.15, -0.1) is 0 Å². The molecule has 0 fully saturated rings. The summed E-state index contributed by atoms with van der Waals surface area (Å²) in [7, 11) is 1.77. The number of halogens is 2. The molecule has 0 radical (unpaired) electrons. The van der Waals surface area contributed by atoms with Crippen LogP contribution < -0.4 is 10.9 Å². The van der Waals surface area contributed by atoms with Crippen LogP contribution in [0.15, 0.2) is 65.8 Å². The number of amides is 1. The van der Waals surface area contributed by atoms with Crippen molar-refractivity contribution in [2.24, 2.45) is 7.05 Å². The van der Waals surface area contributed by atoms with E-state index in [0.29, 0.717) is 16.1 Å². The maximum atomic E-state index is 13.0. The van der Waals surface area contributed by atoms with Gasteiger partial charge in [0.2, 0.25) is 5.91 Å². The molecule has 1 amide bonds. The zero-order valence-corrected chi connectivity index (χ0v) is 16.9. The first-order valence-corrected chi connectivity index (χ1v) is 9.62. The van der Waals surface area contributed by atoms with E-state index in [1.807, 2.05) is 18.3 Å². The first kappa shape index (κ1) is 19.8. The van der Waals surface area contributed by atoms with Gasteiger partial charge >= 0.3 is 0 Å². The van der Waals surface area contributed by atoms with Crippen molar-refractivity contribution in [3.05, 3.63) is 87.8 Å². The van der Waals surface area contributed by atoms with Crippen molar-refractivity contribution in [1.82, 2.24) is 19.4 Å². The van der Waals surface area contributed by atoms with Crippen molar-refractivity contribution in [1.29, 1.82) is 0 Å². The monoisotopic (exact) mass is 424 g/mol. The molecule has 0 saturated heterocycles. The first-order valence-electron chi connectivity index (χ1n) is 9.24. The molecule has 4 aromatic rings. The SMILES string of the molecule is Cn1cc(-c2ccc(Cl)cc2)c2ncn(CC(=O)NCc3ccc(F)cc3)c(=O)c21. The van der Waals surface area contributed by atoms with E-state index in [2.05, 4.69) is 10.3 Å². The van der Waals surface area contributed by atoms with Gasteiger partial charge in [-0.1, -0.05) is 35.9 Å². The fourth-order valence-electron chi connectivity index (χ4n) is 3.28. The number of hydrogen-bond donors (Lipinski definition) is 1. The van der Waals surface area contributed by atoms with E-state index in [4.69, 9.17) is 11.6 Å². The molecular formula is C22H18ClFN4O2. The van der Waals surface area contributed by atoms with E-state index >= 15 is 0 Å². The Morgan fingerprint density at radius 3 is 2.53 bits per heavy atom. The van der Waals surface area contributed by atoms with Gasteiger partial charge in [-0.25, -0.2) is 9.37 Å². The third-order valence-electron chi connectivity index (χ3n) is 4.82. The summed E-state index contributed by atoms with van der Waals surface area (Å²) in [6.07, 6.45) is 3.21. The molecule has 0 spiro atoms. The van der Waals surface area contributed by atoms with Crippen molar-refractivity contribution in [3.8, 4) is 11.1 Å². The zero-order chi connectivity index (χ0) is 21.3. The number of fused-ring (bicyclic) bond motifs is 1. The van der Waals surface area contributed by atoms with Crippen LogP contribution in [0, 0.1) is 5.82 Å². The molecule has 30 heavy (non-hydrogen) atoms. The number of carbonyl (C=O) groups excluding carboxylic acids is 1. The van der Waals surface area contributed by atoms with Crippen LogP contribution in [0.3, 0.4) is 0 Å². The van der Waals surface area contributed by atoms with E-state index in [1.165, 1.54) is 23.0 Å². The molecule has 152 valence electrons. The van der Waals surface area contributed by atoms with Crippen LogP contribution >= 0.6 is 11.6 Å². The molecule has 2 aromatic carbocycles. The van der Waals surface area contributed by atoms with Gasteiger partial charge in [0.15, 0.2) is 0 Å². The standard InChI is InChI=1S/C22H18ClFN4O2/c1-27-11-18(15-4-6-16(23)7-5-15)20-21(27)22(30)28(13-26-20)12-19(29)25-10-14-2-8-17(24)9-3-14/h2-9,11,13H,10,12H2,1H3,(H,25,29). The van der Waals surface area contributed by atoms with Crippen LogP contribution in [0.2, 0.25) is 5.02 Å². The average Bonchev–Trinajstić information content (AvgIpc) is 3.07. The molecule has 0 bridgehead atoms. The molecule has 2 aromatic heterocycles. The Kier molecular flexibility index (Phi) is 5.37. The second-order valence-corrected chi connectivity index (χ2v) is 7.38. The third-order valence-corrected chi connectivity index (χ3v) is 5.07. The minimum absolute atomic E-state index is 0.162. The lowest BCUT2D eigenvalue weighted by Crippen LogP contribution is -2.32. The number of carbonyl (C=O) groups is 1. The van der Waals surface area contributed by atoms with Crippen molar-refractivity contribution in [3.63, 3.8) is 0 Å². The summed E-state index contributed by atoms with van der Waals surface area (Å²) in [4.78, 5) is 29.7.